The van der Waals surface area contributed by atoms with E-state index in [1.165, 1.54) is 4.90 Å². The molecule has 8 heteroatoms. The highest BCUT2D eigenvalue weighted by Crippen LogP contribution is 2.25. The van der Waals surface area contributed by atoms with Crippen molar-refractivity contribution in [2.24, 2.45) is 0 Å². The van der Waals surface area contributed by atoms with Gasteiger partial charge in [0, 0.05) is 31.3 Å². The lowest BCUT2D eigenvalue weighted by Gasteiger charge is -2.32. The van der Waals surface area contributed by atoms with Crippen LogP contribution in [0.5, 0.6) is 5.75 Å². The molecular weight excluding hydrogens is 328 g/mol. The van der Waals surface area contributed by atoms with E-state index in [2.05, 4.69) is 0 Å². The standard InChI is InChI=1S/C17H20N2O6/c20-15-5-2-6-18(15)12-3-1-4-13(9-12)25-11-16(21)19-7-8-24-10-14(19)17(22)23/h1,3-4,9,14H,2,5-8,10-11H2,(H,22,23). The Kier molecular flexibility index (Phi) is 5.18. The Morgan fingerprint density at radius 2 is 2.16 bits per heavy atom. The summed E-state index contributed by atoms with van der Waals surface area (Å²) in [4.78, 5) is 38.3. The molecule has 2 aliphatic heterocycles. The largest absolute Gasteiger partial charge is 0.484 e. The van der Waals surface area contributed by atoms with Crippen LogP contribution in [0.2, 0.25) is 0 Å². The van der Waals surface area contributed by atoms with Crippen LogP contribution in [0.3, 0.4) is 0 Å². The van der Waals surface area contributed by atoms with Crippen LogP contribution in [-0.2, 0) is 19.1 Å². The summed E-state index contributed by atoms with van der Waals surface area (Å²) in [6, 6.07) is 6.00. The van der Waals surface area contributed by atoms with Gasteiger partial charge in [0.25, 0.3) is 5.91 Å². The zero-order valence-electron chi connectivity index (χ0n) is 13.7. The van der Waals surface area contributed by atoms with Crippen LogP contribution < -0.4 is 9.64 Å². The van der Waals surface area contributed by atoms with Crippen molar-refractivity contribution in [1.82, 2.24) is 4.90 Å². The van der Waals surface area contributed by atoms with Gasteiger partial charge in [0.15, 0.2) is 12.6 Å². The van der Waals surface area contributed by atoms with Crippen molar-refractivity contribution in [2.75, 3.05) is 37.8 Å². The van der Waals surface area contributed by atoms with Crippen molar-refractivity contribution in [3.05, 3.63) is 24.3 Å². The fraction of sp³-hybridized carbons (Fsp3) is 0.471. The Labute approximate surface area is 144 Å². The van der Waals surface area contributed by atoms with Gasteiger partial charge in [-0.25, -0.2) is 4.79 Å². The molecule has 8 nitrogen and oxygen atoms in total. The number of anilines is 1. The van der Waals surface area contributed by atoms with E-state index in [4.69, 9.17) is 9.47 Å². The van der Waals surface area contributed by atoms with E-state index < -0.39 is 17.9 Å². The number of rotatable bonds is 5. The van der Waals surface area contributed by atoms with Crippen molar-refractivity contribution >= 4 is 23.5 Å². The van der Waals surface area contributed by atoms with Crippen molar-refractivity contribution in [1.29, 1.82) is 0 Å². The summed E-state index contributed by atoms with van der Waals surface area (Å²) in [6.07, 6.45) is 1.37. The predicted molar refractivity (Wildman–Crippen MR) is 87.5 cm³/mol. The van der Waals surface area contributed by atoms with Crippen molar-refractivity contribution < 1.29 is 29.0 Å². The first-order valence-electron chi connectivity index (χ1n) is 8.19. The molecule has 0 aliphatic carbocycles. The second-order valence-electron chi connectivity index (χ2n) is 5.95. The third-order valence-electron chi connectivity index (χ3n) is 4.30. The Balaban J connectivity index is 1.62. The SMILES string of the molecule is O=C(O)C1COCCN1C(=O)COc1cccc(N2CCCC2=O)c1. The van der Waals surface area contributed by atoms with E-state index in [1.54, 1.807) is 23.1 Å². The lowest BCUT2D eigenvalue weighted by molar-refractivity contribution is -0.159. The average Bonchev–Trinajstić information content (AvgIpc) is 3.06. The van der Waals surface area contributed by atoms with Crippen LogP contribution >= 0.6 is 0 Å². The average molecular weight is 348 g/mol. The third kappa shape index (κ3) is 3.90. The van der Waals surface area contributed by atoms with E-state index in [1.807, 2.05) is 6.07 Å². The van der Waals surface area contributed by atoms with Gasteiger partial charge < -0.3 is 24.4 Å². The normalized spacial score (nSPS) is 20.6. The molecule has 2 aliphatic rings. The van der Waals surface area contributed by atoms with Crippen LogP contribution in [0.25, 0.3) is 0 Å². The number of benzene rings is 1. The number of aliphatic carboxylic acids is 1. The topological polar surface area (TPSA) is 96.4 Å². The van der Waals surface area contributed by atoms with Gasteiger partial charge in [-0.15, -0.1) is 0 Å². The highest BCUT2D eigenvalue weighted by atomic mass is 16.5. The van der Waals surface area contributed by atoms with Crippen molar-refractivity contribution in [3.63, 3.8) is 0 Å². The molecule has 3 rings (SSSR count). The van der Waals surface area contributed by atoms with Gasteiger partial charge in [0.1, 0.15) is 5.75 Å². The summed E-state index contributed by atoms with van der Waals surface area (Å²) in [5.41, 5.74) is 0.738. The number of hydrogen-bond donors (Lipinski definition) is 1. The molecule has 2 saturated heterocycles. The summed E-state index contributed by atoms with van der Waals surface area (Å²) in [7, 11) is 0. The van der Waals surface area contributed by atoms with Gasteiger partial charge >= 0.3 is 5.97 Å². The van der Waals surface area contributed by atoms with Crippen LogP contribution in [-0.4, -0.2) is 66.7 Å². The molecule has 0 aromatic heterocycles. The second kappa shape index (κ2) is 7.52. The van der Waals surface area contributed by atoms with Gasteiger partial charge in [0.2, 0.25) is 5.91 Å². The highest BCUT2D eigenvalue weighted by molar-refractivity contribution is 5.95. The van der Waals surface area contributed by atoms with E-state index in [9.17, 15) is 19.5 Å². The predicted octanol–water partition coefficient (Wildman–Crippen LogP) is 0.504. The monoisotopic (exact) mass is 348 g/mol. The maximum atomic E-state index is 12.3. The van der Waals surface area contributed by atoms with Crippen LogP contribution in [0, 0.1) is 0 Å². The fourth-order valence-corrected chi connectivity index (χ4v) is 3.00. The number of carboxylic acids is 1. The fourth-order valence-electron chi connectivity index (χ4n) is 3.00. The van der Waals surface area contributed by atoms with Gasteiger partial charge in [-0.05, 0) is 18.6 Å². The van der Waals surface area contributed by atoms with E-state index in [-0.39, 0.29) is 25.7 Å². The first-order valence-corrected chi connectivity index (χ1v) is 8.19. The highest BCUT2D eigenvalue weighted by Gasteiger charge is 2.32. The van der Waals surface area contributed by atoms with Crippen LogP contribution in [0.1, 0.15) is 12.8 Å². The lowest BCUT2D eigenvalue weighted by Crippen LogP contribution is -2.53. The summed E-state index contributed by atoms with van der Waals surface area (Å²) >= 11 is 0. The molecule has 1 aromatic carbocycles. The van der Waals surface area contributed by atoms with E-state index in [0.29, 0.717) is 25.3 Å². The van der Waals surface area contributed by atoms with E-state index in [0.717, 1.165) is 12.1 Å². The summed E-state index contributed by atoms with van der Waals surface area (Å²) < 4.78 is 10.6. The van der Waals surface area contributed by atoms with Gasteiger partial charge in [-0.3, -0.25) is 9.59 Å². The number of amides is 2. The minimum absolute atomic E-state index is 0.0202. The van der Waals surface area contributed by atoms with Crippen molar-refractivity contribution in [2.45, 2.75) is 18.9 Å². The molecule has 0 bridgehead atoms. The zero-order valence-corrected chi connectivity index (χ0v) is 13.7. The smallest absolute Gasteiger partial charge is 0.328 e. The quantitative estimate of drug-likeness (QED) is 0.833. The molecule has 1 atom stereocenters. The Morgan fingerprint density at radius 1 is 1.32 bits per heavy atom. The Bertz CT molecular complexity index is 677. The van der Waals surface area contributed by atoms with Crippen LogP contribution in [0.4, 0.5) is 5.69 Å². The molecule has 2 fully saturated rings. The number of hydrogen-bond acceptors (Lipinski definition) is 5. The zero-order chi connectivity index (χ0) is 17.8. The molecule has 2 amide bonds. The summed E-state index contributed by atoms with van der Waals surface area (Å²) in [5, 5.41) is 9.17. The van der Waals surface area contributed by atoms with Gasteiger partial charge in [-0.2, -0.15) is 0 Å². The van der Waals surface area contributed by atoms with Gasteiger partial charge in [0.05, 0.1) is 13.2 Å². The maximum Gasteiger partial charge on any atom is 0.328 e. The first kappa shape index (κ1) is 17.2. The Morgan fingerprint density at radius 3 is 2.88 bits per heavy atom. The van der Waals surface area contributed by atoms with Crippen molar-refractivity contribution in [3.8, 4) is 5.75 Å². The number of ether oxygens (including phenoxy) is 2. The first-order chi connectivity index (χ1) is 12.1. The molecular formula is C17H20N2O6. The van der Waals surface area contributed by atoms with Crippen LogP contribution in [0.15, 0.2) is 24.3 Å². The number of carbonyl (C=O) groups is 3. The minimum atomic E-state index is -1.09. The molecule has 0 radical (unpaired) electrons. The molecule has 2 heterocycles. The number of nitrogens with zero attached hydrogens (tertiary/aromatic N) is 2. The molecule has 134 valence electrons. The second-order valence-corrected chi connectivity index (χ2v) is 5.95. The minimum Gasteiger partial charge on any atom is -0.484 e. The number of carbonyl (C=O) groups excluding carboxylic acids is 2. The summed E-state index contributed by atoms with van der Waals surface area (Å²) in [6.45, 7) is 0.924. The number of morpholine rings is 1. The maximum absolute atomic E-state index is 12.3. The molecule has 1 N–H and O–H groups in total. The molecule has 1 aromatic rings. The molecule has 25 heavy (non-hydrogen) atoms. The number of carboxylic acid groups (broad SMARTS) is 1. The Hall–Kier alpha value is -2.61. The molecule has 0 spiro atoms. The molecule has 1 unspecified atom stereocenters. The third-order valence-corrected chi connectivity index (χ3v) is 4.30. The summed E-state index contributed by atoms with van der Waals surface area (Å²) in [5.74, 6) is -0.961. The lowest BCUT2D eigenvalue weighted by atomic mass is 10.2. The molecule has 0 saturated carbocycles. The van der Waals surface area contributed by atoms with Gasteiger partial charge in [-0.1, -0.05) is 6.07 Å². The van der Waals surface area contributed by atoms with E-state index >= 15 is 0 Å².